The average molecular weight is 701 g/mol. The smallest absolute Gasteiger partial charge is 0.308 e. The van der Waals surface area contributed by atoms with Gasteiger partial charge in [0.2, 0.25) is 0 Å². The molecule has 48 heavy (non-hydrogen) atoms. The minimum atomic E-state index is -0.473. The summed E-state index contributed by atoms with van der Waals surface area (Å²) in [6.45, 7) is 22.2. The number of hydrogen-bond acceptors (Lipinski definition) is 14. The van der Waals surface area contributed by atoms with Crippen molar-refractivity contribution in [2.45, 2.75) is 53.1 Å². The summed E-state index contributed by atoms with van der Waals surface area (Å²) in [5, 5.41) is 0. The van der Waals surface area contributed by atoms with Crippen LogP contribution >= 0.6 is 0 Å². The molecule has 0 aromatic carbocycles. The summed E-state index contributed by atoms with van der Waals surface area (Å²) >= 11 is 0. The number of hydrogen-bond donors (Lipinski definition) is 0. The van der Waals surface area contributed by atoms with E-state index in [2.05, 4.69) is 13.8 Å². The minimum Gasteiger partial charge on any atom is -0.460 e. The standard InChI is InChI=1S/C34H68O14/c1-6-32(2)31-47-30-29-46-28-27-45-26-25-44-24-23-43-22-21-42-20-19-41-18-17-40-16-15-39-14-13-38-12-11-37-10-9-36-8-7-33(35)48-34(3,4)5/h32H,6-31H2,1-5H3. The first-order valence-electron chi connectivity index (χ1n) is 17.5. The molecule has 0 bridgehead atoms. The zero-order chi connectivity index (χ0) is 35.2. The molecule has 0 aliphatic heterocycles. The lowest BCUT2D eigenvalue weighted by atomic mass is 10.1. The SMILES string of the molecule is CCC(C)COCCOCCOCCOCCOCCOCCOCCOCCOCCOCCOCCOCCC(=O)OC(C)(C)C. The maximum atomic E-state index is 11.6. The van der Waals surface area contributed by atoms with Gasteiger partial charge in [-0.1, -0.05) is 20.3 Å². The summed E-state index contributed by atoms with van der Waals surface area (Å²) in [4.78, 5) is 11.6. The fourth-order valence-corrected chi connectivity index (χ4v) is 3.37. The predicted octanol–water partition coefficient (Wildman–Crippen LogP) is 2.96. The number of rotatable bonds is 39. The highest BCUT2D eigenvalue weighted by atomic mass is 16.6. The van der Waals surface area contributed by atoms with Gasteiger partial charge in [-0.25, -0.2) is 0 Å². The third-order valence-corrected chi connectivity index (χ3v) is 6.06. The second kappa shape index (κ2) is 37.3. The van der Waals surface area contributed by atoms with Gasteiger partial charge < -0.3 is 61.6 Å². The Morgan fingerprint density at radius 1 is 0.417 bits per heavy atom. The molecule has 1 atom stereocenters. The largest absolute Gasteiger partial charge is 0.460 e. The van der Waals surface area contributed by atoms with E-state index in [9.17, 15) is 4.79 Å². The van der Waals surface area contributed by atoms with Crippen molar-refractivity contribution in [2.75, 3.05) is 159 Å². The number of ether oxygens (including phenoxy) is 13. The highest BCUT2D eigenvalue weighted by Gasteiger charge is 2.15. The Bertz CT molecular complexity index is 650. The summed E-state index contributed by atoms with van der Waals surface area (Å²) in [5.74, 6) is 0.330. The quantitative estimate of drug-likeness (QED) is 0.0686. The molecule has 0 N–H and O–H groups in total. The van der Waals surface area contributed by atoms with Gasteiger partial charge in [-0.3, -0.25) is 4.79 Å². The van der Waals surface area contributed by atoms with Gasteiger partial charge in [0.25, 0.3) is 0 Å². The molecule has 0 heterocycles. The number of carbonyl (C=O) groups is 1. The van der Waals surface area contributed by atoms with Crippen molar-refractivity contribution in [2.24, 2.45) is 5.92 Å². The van der Waals surface area contributed by atoms with Crippen LogP contribution in [0.4, 0.5) is 0 Å². The van der Waals surface area contributed by atoms with Gasteiger partial charge >= 0.3 is 5.97 Å². The van der Waals surface area contributed by atoms with Crippen LogP contribution in [0.25, 0.3) is 0 Å². The highest BCUT2D eigenvalue weighted by molar-refractivity contribution is 5.69. The highest BCUT2D eigenvalue weighted by Crippen LogP contribution is 2.08. The second-order valence-electron chi connectivity index (χ2n) is 11.7. The van der Waals surface area contributed by atoms with Gasteiger partial charge in [-0.05, 0) is 26.7 Å². The van der Waals surface area contributed by atoms with Gasteiger partial charge in [0, 0.05) is 6.61 Å². The van der Waals surface area contributed by atoms with Crippen LogP contribution in [0.3, 0.4) is 0 Å². The van der Waals surface area contributed by atoms with Crippen LogP contribution in [0.1, 0.15) is 47.5 Å². The van der Waals surface area contributed by atoms with Crippen molar-refractivity contribution in [1.82, 2.24) is 0 Å². The Balaban J connectivity index is 3.10. The van der Waals surface area contributed by atoms with E-state index in [1.807, 2.05) is 20.8 Å². The van der Waals surface area contributed by atoms with Crippen LogP contribution in [0, 0.1) is 5.92 Å². The van der Waals surface area contributed by atoms with E-state index in [1.54, 1.807) is 0 Å². The Morgan fingerprint density at radius 2 is 0.646 bits per heavy atom. The van der Waals surface area contributed by atoms with E-state index >= 15 is 0 Å². The summed E-state index contributed by atoms with van der Waals surface area (Å²) in [7, 11) is 0. The monoisotopic (exact) mass is 700 g/mol. The van der Waals surface area contributed by atoms with Crippen molar-refractivity contribution in [3.05, 3.63) is 0 Å². The van der Waals surface area contributed by atoms with Crippen molar-refractivity contribution in [3.8, 4) is 0 Å². The van der Waals surface area contributed by atoms with E-state index in [0.717, 1.165) is 13.0 Å². The minimum absolute atomic E-state index is 0.232. The fourth-order valence-electron chi connectivity index (χ4n) is 3.37. The van der Waals surface area contributed by atoms with Crippen LogP contribution in [0.15, 0.2) is 0 Å². The second-order valence-corrected chi connectivity index (χ2v) is 11.7. The maximum absolute atomic E-state index is 11.6. The molecule has 14 heteroatoms. The molecule has 14 nitrogen and oxygen atoms in total. The first-order valence-corrected chi connectivity index (χ1v) is 17.5. The third kappa shape index (κ3) is 41.2. The molecule has 0 aromatic rings. The molecular formula is C34H68O14. The van der Waals surface area contributed by atoms with Crippen molar-refractivity contribution < 1.29 is 66.4 Å². The molecule has 0 aromatic heterocycles. The number of carbonyl (C=O) groups excluding carboxylic acids is 1. The van der Waals surface area contributed by atoms with E-state index < -0.39 is 5.60 Å². The third-order valence-electron chi connectivity index (χ3n) is 6.06. The van der Waals surface area contributed by atoms with Crippen LogP contribution in [0.5, 0.6) is 0 Å². The van der Waals surface area contributed by atoms with Gasteiger partial charge in [-0.15, -0.1) is 0 Å². The lowest BCUT2D eigenvalue weighted by molar-refractivity contribution is -0.156. The zero-order valence-electron chi connectivity index (χ0n) is 30.7. The van der Waals surface area contributed by atoms with E-state index in [-0.39, 0.29) is 12.4 Å². The zero-order valence-corrected chi connectivity index (χ0v) is 30.7. The lowest BCUT2D eigenvalue weighted by Crippen LogP contribution is -2.24. The molecule has 0 fully saturated rings. The van der Waals surface area contributed by atoms with Gasteiger partial charge in [0.15, 0.2) is 0 Å². The molecule has 0 saturated heterocycles. The first-order chi connectivity index (χ1) is 23.3. The number of esters is 1. The van der Waals surface area contributed by atoms with Gasteiger partial charge in [0.05, 0.1) is 158 Å². The molecule has 1 unspecified atom stereocenters. The summed E-state index contributed by atoms with van der Waals surface area (Å²) < 4.78 is 70.8. The van der Waals surface area contributed by atoms with Crippen LogP contribution < -0.4 is 0 Å². The van der Waals surface area contributed by atoms with E-state index in [0.29, 0.717) is 158 Å². The maximum Gasteiger partial charge on any atom is 0.308 e. The molecule has 0 radical (unpaired) electrons. The Hall–Kier alpha value is -1.01. The molecule has 0 aliphatic carbocycles. The summed E-state index contributed by atoms with van der Waals surface area (Å²) in [6, 6.07) is 0. The summed E-state index contributed by atoms with van der Waals surface area (Å²) in [5.41, 5.74) is -0.473. The topological polar surface area (TPSA) is 137 Å². The normalized spacial score (nSPS) is 12.5. The van der Waals surface area contributed by atoms with Crippen LogP contribution in [0.2, 0.25) is 0 Å². The molecule has 0 saturated carbocycles. The molecule has 0 aliphatic rings. The van der Waals surface area contributed by atoms with Crippen molar-refractivity contribution >= 4 is 5.97 Å². The molecule has 0 rings (SSSR count). The molecule has 0 amide bonds. The Morgan fingerprint density at radius 3 is 0.875 bits per heavy atom. The Kier molecular flexibility index (Phi) is 36.5. The van der Waals surface area contributed by atoms with E-state index in [4.69, 9.17) is 61.6 Å². The Labute approximate surface area is 289 Å². The van der Waals surface area contributed by atoms with Crippen molar-refractivity contribution in [3.63, 3.8) is 0 Å². The average Bonchev–Trinajstić information content (AvgIpc) is 3.05. The molecular weight excluding hydrogens is 632 g/mol. The van der Waals surface area contributed by atoms with E-state index in [1.165, 1.54) is 0 Å². The van der Waals surface area contributed by atoms with Gasteiger partial charge in [-0.2, -0.15) is 0 Å². The molecule has 0 spiro atoms. The van der Waals surface area contributed by atoms with Crippen LogP contribution in [-0.2, 0) is 66.4 Å². The summed E-state index contributed by atoms with van der Waals surface area (Å²) in [6.07, 6.45) is 1.36. The fraction of sp³-hybridized carbons (Fsp3) is 0.971. The molecule has 288 valence electrons. The van der Waals surface area contributed by atoms with Gasteiger partial charge in [0.1, 0.15) is 5.60 Å². The first kappa shape index (κ1) is 47.0. The van der Waals surface area contributed by atoms with Crippen molar-refractivity contribution in [1.29, 1.82) is 0 Å². The predicted molar refractivity (Wildman–Crippen MR) is 180 cm³/mol. The lowest BCUT2D eigenvalue weighted by Gasteiger charge is -2.19. The van der Waals surface area contributed by atoms with Crippen LogP contribution in [-0.4, -0.2) is 170 Å².